The first-order valence-electron chi connectivity index (χ1n) is 14.4. The highest BCUT2D eigenvalue weighted by Crippen LogP contribution is 2.39. The van der Waals surface area contributed by atoms with Crippen LogP contribution in [-0.2, 0) is 17.9 Å². The summed E-state index contributed by atoms with van der Waals surface area (Å²) in [6.07, 6.45) is 0.853. The molecule has 43 heavy (non-hydrogen) atoms. The van der Waals surface area contributed by atoms with E-state index in [4.69, 9.17) is 9.47 Å². The lowest BCUT2D eigenvalue weighted by molar-refractivity contribution is 0.0810. The Bertz CT molecular complexity index is 1840. The number of para-hydroxylation sites is 1. The Morgan fingerprint density at radius 2 is 1.63 bits per heavy atom. The summed E-state index contributed by atoms with van der Waals surface area (Å²) in [6.45, 7) is 3.63. The molecule has 0 saturated carbocycles. The van der Waals surface area contributed by atoms with Crippen molar-refractivity contribution in [1.82, 2.24) is 14.8 Å². The van der Waals surface area contributed by atoms with Gasteiger partial charge in [-0.25, -0.2) is 4.79 Å². The van der Waals surface area contributed by atoms with E-state index in [1.165, 1.54) is 18.4 Å². The molecule has 3 heterocycles. The lowest BCUT2D eigenvalue weighted by atomic mass is 10.1. The molecule has 3 aromatic carbocycles. The van der Waals surface area contributed by atoms with E-state index in [1.54, 1.807) is 9.47 Å². The van der Waals surface area contributed by atoms with Crippen molar-refractivity contribution < 1.29 is 19.1 Å². The number of hydrogen-bond donors (Lipinski definition) is 1. The minimum Gasteiger partial charge on any atom is -0.494 e. The quantitative estimate of drug-likeness (QED) is 0.245. The Morgan fingerprint density at radius 1 is 0.930 bits per heavy atom. The summed E-state index contributed by atoms with van der Waals surface area (Å²) in [5, 5.41) is 4.43. The number of benzene rings is 3. The number of pyridine rings is 1. The van der Waals surface area contributed by atoms with Crippen molar-refractivity contribution in [3.05, 3.63) is 111 Å². The van der Waals surface area contributed by atoms with Crippen LogP contribution in [0.15, 0.2) is 83.7 Å². The predicted molar refractivity (Wildman–Crippen MR) is 169 cm³/mol. The van der Waals surface area contributed by atoms with E-state index in [1.807, 2.05) is 85.8 Å². The van der Waals surface area contributed by atoms with Crippen molar-refractivity contribution in [2.45, 2.75) is 39.0 Å². The number of fused-ring (bicyclic) bond motifs is 3. The van der Waals surface area contributed by atoms with Crippen LogP contribution in [0.5, 0.6) is 5.75 Å². The van der Waals surface area contributed by atoms with Gasteiger partial charge in [-0.1, -0.05) is 78.4 Å². The second-order valence-corrected chi connectivity index (χ2v) is 11.9. The number of thiophene rings is 1. The van der Waals surface area contributed by atoms with Crippen LogP contribution in [0.2, 0.25) is 0 Å². The molecule has 2 aromatic heterocycles. The average molecular weight is 596 g/mol. The SMILES string of the molecule is COc1c(C(=O)NC2CCN(C(=O)OCc3ccccc3)CC2)sc2c1c(=O)n(Cc1ccc(C)cc1)c1ccccc21. The van der Waals surface area contributed by atoms with Crippen molar-refractivity contribution >= 4 is 44.3 Å². The van der Waals surface area contributed by atoms with Crippen LogP contribution in [0.25, 0.3) is 21.0 Å². The second-order valence-electron chi connectivity index (χ2n) is 10.8. The largest absolute Gasteiger partial charge is 0.494 e. The highest BCUT2D eigenvalue weighted by Gasteiger charge is 2.29. The summed E-state index contributed by atoms with van der Waals surface area (Å²) in [6, 6.07) is 25.4. The molecule has 1 saturated heterocycles. The van der Waals surface area contributed by atoms with Crippen molar-refractivity contribution in [2.75, 3.05) is 20.2 Å². The Morgan fingerprint density at radius 3 is 2.35 bits per heavy atom. The van der Waals surface area contributed by atoms with Crippen LogP contribution in [0, 0.1) is 6.92 Å². The first-order valence-corrected chi connectivity index (χ1v) is 15.2. The van der Waals surface area contributed by atoms with Crippen molar-refractivity contribution in [3.8, 4) is 5.75 Å². The van der Waals surface area contributed by atoms with Gasteiger partial charge in [0.1, 0.15) is 16.9 Å². The number of nitrogens with one attached hydrogen (secondary N) is 1. The number of aromatic nitrogens is 1. The zero-order chi connectivity index (χ0) is 29.9. The monoisotopic (exact) mass is 595 g/mol. The molecule has 6 rings (SSSR count). The lowest BCUT2D eigenvalue weighted by Crippen LogP contribution is -2.46. The van der Waals surface area contributed by atoms with Crippen LogP contribution in [0.3, 0.4) is 0 Å². The number of aryl methyl sites for hydroxylation is 1. The van der Waals surface area contributed by atoms with Gasteiger partial charge in [-0.05, 0) is 37.0 Å². The van der Waals surface area contributed by atoms with Gasteiger partial charge in [0, 0.05) is 24.5 Å². The first kappa shape index (κ1) is 28.5. The first-order chi connectivity index (χ1) is 20.9. The number of methoxy groups -OCH3 is 1. The van der Waals surface area contributed by atoms with E-state index in [-0.39, 0.29) is 30.2 Å². The number of hydrogen-bond acceptors (Lipinski definition) is 6. The van der Waals surface area contributed by atoms with Gasteiger partial charge in [0.05, 0.1) is 23.9 Å². The maximum absolute atomic E-state index is 14.0. The molecular weight excluding hydrogens is 562 g/mol. The molecular formula is C34H33N3O5S. The Kier molecular flexibility index (Phi) is 8.16. The smallest absolute Gasteiger partial charge is 0.410 e. The van der Waals surface area contributed by atoms with E-state index in [0.29, 0.717) is 48.5 Å². The summed E-state index contributed by atoms with van der Waals surface area (Å²) in [5.74, 6) is 0.0181. The number of carbonyl (C=O) groups excluding carboxylic acids is 2. The fourth-order valence-corrected chi connectivity index (χ4v) is 6.79. The second kappa shape index (κ2) is 12.3. The molecule has 0 spiro atoms. The number of amides is 2. The maximum atomic E-state index is 14.0. The van der Waals surface area contributed by atoms with Crippen LogP contribution in [0.1, 0.15) is 39.2 Å². The van der Waals surface area contributed by atoms with Gasteiger partial charge < -0.3 is 24.3 Å². The number of ether oxygens (including phenoxy) is 2. The van der Waals surface area contributed by atoms with Gasteiger partial charge in [0.2, 0.25) is 0 Å². The number of carbonyl (C=O) groups is 2. The molecule has 1 fully saturated rings. The lowest BCUT2D eigenvalue weighted by Gasteiger charge is -2.31. The van der Waals surface area contributed by atoms with Crippen molar-refractivity contribution in [3.63, 3.8) is 0 Å². The minimum absolute atomic E-state index is 0.115. The molecule has 1 aliphatic rings. The molecule has 1 aliphatic heterocycles. The van der Waals surface area contributed by atoms with Gasteiger partial charge >= 0.3 is 6.09 Å². The minimum atomic E-state index is -0.353. The Balaban J connectivity index is 1.21. The van der Waals surface area contributed by atoms with Crippen LogP contribution in [0.4, 0.5) is 4.79 Å². The highest BCUT2D eigenvalue weighted by atomic mass is 32.1. The number of likely N-dealkylation sites (tertiary alicyclic amines) is 1. The van der Waals surface area contributed by atoms with E-state index in [0.717, 1.165) is 32.3 Å². The molecule has 0 aliphatic carbocycles. The molecule has 0 radical (unpaired) electrons. The van der Waals surface area contributed by atoms with Gasteiger partial charge in [-0.3, -0.25) is 9.59 Å². The summed E-state index contributed by atoms with van der Waals surface area (Å²) in [5.41, 5.74) is 3.72. The van der Waals surface area contributed by atoms with E-state index >= 15 is 0 Å². The van der Waals surface area contributed by atoms with Gasteiger partial charge in [0.15, 0.2) is 5.75 Å². The molecule has 0 atom stereocenters. The fourth-order valence-electron chi connectivity index (χ4n) is 5.59. The van der Waals surface area contributed by atoms with Crippen LogP contribution >= 0.6 is 11.3 Å². The molecule has 0 unspecified atom stereocenters. The zero-order valence-electron chi connectivity index (χ0n) is 24.2. The molecule has 9 heteroatoms. The number of rotatable bonds is 7. The van der Waals surface area contributed by atoms with Crippen LogP contribution in [-0.4, -0.2) is 47.7 Å². The van der Waals surface area contributed by atoms with Crippen LogP contribution < -0.4 is 15.6 Å². The third-order valence-electron chi connectivity index (χ3n) is 7.93. The molecule has 8 nitrogen and oxygen atoms in total. The molecule has 1 N–H and O–H groups in total. The van der Waals surface area contributed by atoms with E-state index in [2.05, 4.69) is 5.32 Å². The number of nitrogens with zero attached hydrogens (tertiary/aromatic N) is 2. The van der Waals surface area contributed by atoms with E-state index in [9.17, 15) is 14.4 Å². The maximum Gasteiger partial charge on any atom is 0.410 e. The number of piperidine rings is 1. The van der Waals surface area contributed by atoms with Crippen molar-refractivity contribution in [1.29, 1.82) is 0 Å². The van der Waals surface area contributed by atoms with Gasteiger partial charge in [-0.15, -0.1) is 11.3 Å². The highest BCUT2D eigenvalue weighted by molar-refractivity contribution is 7.22. The van der Waals surface area contributed by atoms with Gasteiger partial charge in [-0.2, -0.15) is 0 Å². The topological polar surface area (TPSA) is 89.9 Å². The van der Waals surface area contributed by atoms with Crippen molar-refractivity contribution in [2.24, 2.45) is 0 Å². The zero-order valence-corrected chi connectivity index (χ0v) is 25.0. The summed E-state index contributed by atoms with van der Waals surface area (Å²) in [7, 11) is 1.50. The normalized spacial score (nSPS) is 13.8. The Hall–Kier alpha value is -4.63. The predicted octanol–water partition coefficient (Wildman–Crippen LogP) is 6.11. The standard InChI is InChI=1S/C34H33N3O5S/c1-22-12-14-23(15-13-22)20-37-27-11-7-6-10-26(27)30-28(33(37)39)29(41-2)31(43-30)32(38)35-25-16-18-36(19-17-25)34(40)42-21-24-8-4-3-5-9-24/h3-15,25H,16-21H2,1-2H3,(H,35,38). The average Bonchev–Trinajstić information content (AvgIpc) is 3.44. The summed E-state index contributed by atoms with van der Waals surface area (Å²) < 4.78 is 13.7. The fraction of sp³-hybridized carbons (Fsp3) is 0.265. The molecule has 5 aromatic rings. The third-order valence-corrected chi connectivity index (χ3v) is 9.13. The summed E-state index contributed by atoms with van der Waals surface area (Å²) in [4.78, 5) is 42.2. The third kappa shape index (κ3) is 5.85. The molecule has 2 amide bonds. The Labute approximate surface area is 253 Å². The molecule has 220 valence electrons. The summed E-state index contributed by atoms with van der Waals surface area (Å²) >= 11 is 1.28. The van der Waals surface area contributed by atoms with Gasteiger partial charge in [0.25, 0.3) is 11.5 Å². The van der Waals surface area contributed by atoms with E-state index < -0.39 is 0 Å². The molecule has 0 bridgehead atoms.